The molecule has 0 aromatic carbocycles. The Bertz CT molecular complexity index is 308. The summed E-state index contributed by atoms with van der Waals surface area (Å²) in [5, 5.41) is 0. The van der Waals surface area contributed by atoms with Gasteiger partial charge in [-0.25, -0.2) is 0 Å². The highest BCUT2D eigenvalue weighted by atomic mass is 31.2. The van der Waals surface area contributed by atoms with Gasteiger partial charge in [0.05, 0.1) is 13.2 Å². The van der Waals surface area contributed by atoms with Crippen LogP contribution in [0.1, 0.15) is 46.5 Å². The van der Waals surface area contributed by atoms with Crippen LogP contribution in [0.4, 0.5) is 0 Å². The van der Waals surface area contributed by atoms with Gasteiger partial charge in [0, 0.05) is 6.42 Å². The number of carbonyl (C=O) groups is 1. The zero-order valence-corrected chi connectivity index (χ0v) is 12.3. The standard InChI is InChI=1S/C12H23O5P/c1-4-7-8-10-9-11(12(13)17-10)18(14,15-5-2)16-6-3/h10-11H,4-9H2,1-3H3. The fraction of sp³-hybridized carbons (Fsp3) is 0.917. The van der Waals surface area contributed by atoms with Gasteiger partial charge in [0.1, 0.15) is 6.10 Å². The molecule has 0 saturated carbocycles. The van der Waals surface area contributed by atoms with Crippen molar-refractivity contribution in [3.05, 3.63) is 0 Å². The van der Waals surface area contributed by atoms with Crippen LogP contribution in [0.5, 0.6) is 0 Å². The second-order valence-electron chi connectivity index (χ2n) is 4.33. The van der Waals surface area contributed by atoms with E-state index in [4.69, 9.17) is 13.8 Å². The molecule has 0 aromatic heterocycles. The molecule has 1 fully saturated rings. The predicted molar refractivity (Wildman–Crippen MR) is 68.7 cm³/mol. The van der Waals surface area contributed by atoms with Crippen molar-refractivity contribution in [2.75, 3.05) is 13.2 Å². The van der Waals surface area contributed by atoms with Crippen LogP contribution in [-0.2, 0) is 23.1 Å². The Labute approximate surface area is 109 Å². The largest absolute Gasteiger partial charge is 0.462 e. The van der Waals surface area contributed by atoms with E-state index in [1.807, 2.05) is 0 Å². The molecular formula is C12H23O5P. The van der Waals surface area contributed by atoms with Crippen LogP contribution in [0.15, 0.2) is 0 Å². The summed E-state index contributed by atoms with van der Waals surface area (Å²) in [6, 6.07) is 0. The highest BCUT2D eigenvalue weighted by molar-refractivity contribution is 7.55. The van der Waals surface area contributed by atoms with Gasteiger partial charge in [-0.2, -0.15) is 0 Å². The lowest BCUT2D eigenvalue weighted by Crippen LogP contribution is -2.18. The molecule has 18 heavy (non-hydrogen) atoms. The van der Waals surface area contributed by atoms with E-state index < -0.39 is 19.2 Å². The van der Waals surface area contributed by atoms with Crippen LogP contribution in [0, 0.1) is 0 Å². The second-order valence-corrected chi connectivity index (χ2v) is 6.55. The van der Waals surface area contributed by atoms with Crippen molar-refractivity contribution in [2.24, 2.45) is 0 Å². The van der Waals surface area contributed by atoms with Crippen LogP contribution in [0.3, 0.4) is 0 Å². The minimum atomic E-state index is -3.37. The third-order valence-electron chi connectivity index (χ3n) is 2.92. The molecule has 0 radical (unpaired) electrons. The summed E-state index contributed by atoms with van der Waals surface area (Å²) in [5.41, 5.74) is -0.751. The van der Waals surface area contributed by atoms with Gasteiger partial charge in [0.25, 0.3) is 0 Å². The van der Waals surface area contributed by atoms with Gasteiger partial charge in [0.2, 0.25) is 0 Å². The number of ether oxygens (including phenoxy) is 1. The van der Waals surface area contributed by atoms with E-state index in [1.54, 1.807) is 13.8 Å². The molecule has 0 N–H and O–H groups in total. The number of hydrogen-bond acceptors (Lipinski definition) is 5. The third-order valence-corrected chi connectivity index (χ3v) is 5.34. The topological polar surface area (TPSA) is 61.8 Å². The highest BCUT2D eigenvalue weighted by Gasteiger charge is 2.48. The zero-order chi connectivity index (χ0) is 13.6. The molecule has 0 bridgehead atoms. The maximum absolute atomic E-state index is 12.5. The minimum absolute atomic E-state index is 0.142. The molecule has 1 aliphatic rings. The van der Waals surface area contributed by atoms with Gasteiger partial charge in [-0.05, 0) is 20.3 Å². The van der Waals surface area contributed by atoms with Crippen molar-refractivity contribution in [1.29, 1.82) is 0 Å². The molecule has 1 rings (SSSR count). The van der Waals surface area contributed by atoms with Crippen LogP contribution in [0.25, 0.3) is 0 Å². The number of carbonyl (C=O) groups excluding carboxylic acids is 1. The van der Waals surface area contributed by atoms with Crippen molar-refractivity contribution in [3.8, 4) is 0 Å². The van der Waals surface area contributed by atoms with Crippen LogP contribution >= 0.6 is 7.60 Å². The van der Waals surface area contributed by atoms with E-state index in [9.17, 15) is 9.36 Å². The molecule has 1 saturated heterocycles. The van der Waals surface area contributed by atoms with Crippen molar-refractivity contribution in [3.63, 3.8) is 0 Å². The molecule has 0 spiro atoms. The average molecular weight is 278 g/mol. The molecule has 6 heteroatoms. The van der Waals surface area contributed by atoms with E-state index in [0.717, 1.165) is 19.3 Å². The van der Waals surface area contributed by atoms with E-state index >= 15 is 0 Å². The Morgan fingerprint density at radius 2 is 1.89 bits per heavy atom. The normalized spacial score (nSPS) is 24.3. The Balaban J connectivity index is 2.69. The maximum Gasteiger partial charge on any atom is 0.345 e. The summed E-state index contributed by atoms with van der Waals surface area (Å²) in [7, 11) is -3.37. The average Bonchev–Trinajstić information content (AvgIpc) is 2.69. The van der Waals surface area contributed by atoms with Crippen molar-refractivity contribution in [1.82, 2.24) is 0 Å². The Morgan fingerprint density at radius 1 is 1.28 bits per heavy atom. The van der Waals surface area contributed by atoms with Gasteiger partial charge < -0.3 is 13.8 Å². The first-order chi connectivity index (χ1) is 8.57. The minimum Gasteiger partial charge on any atom is -0.462 e. The van der Waals surface area contributed by atoms with Crippen molar-refractivity contribution in [2.45, 2.75) is 58.2 Å². The molecule has 0 amide bonds. The first kappa shape index (κ1) is 15.7. The first-order valence-electron chi connectivity index (χ1n) is 6.66. The van der Waals surface area contributed by atoms with Gasteiger partial charge in [0.15, 0.2) is 5.66 Å². The molecule has 0 aromatic rings. The van der Waals surface area contributed by atoms with Gasteiger partial charge >= 0.3 is 13.6 Å². The van der Waals surface area contributed by atoms with E-state index in [-0.39, 0.29) is 19.3 Å². The maximum atomic E-state index is 12.5. The Kier molecular flexibility index (Phi) is 6.33. The molecule has 2 atom stereocenters. The quantitative estimate of drug-likeness (QED) is 0.504. The number of rotatable bonds is 8. The number of hydrogen-bond donors (Lipinski definition) is 0. The zero-order valence-electron chi connectivity index (χ0n) is 11.4. The Hall–Kier alpha value is -0.380. The summed E-state index contributed by atoms with van der Waals surface area (Å²) in [6.45, 7) is 6.09. The lowest BCUT2D eigenvalue weighted by atomic mass is 10.1. The molecule has 1 aliphatic heterocycles. The first-order valence-corrected chi connectivity index (χ1v) is 8.27. The van der Waals surface area contributed by atoms with Crippen molar-refractivity contribution >= 4 is 13.6 Å². The second kappa shape index (κ2) is 7.27. The van der Waals surface area contributed by atoms with Crippen LogP contribution < -0.4 is 0 Å². The fourth-order valence-electron chi connectivity index (χ4n) is 2.08. The molecule has 5 nitrogen and oxygen atoms in total. The Morgan fingerprint density at radius 3 is 2.39 bits per heavy atom. The summed E-state index contributed by atoms with van der Waals surface area (Å²) >= 11 is 0. The SMILES string of the molecule is CCCCC1CC(P(=O)(OCC)OCC)C(=O)O1. The molecular weight excluding hydrogens is 255 g/mol. The van der Waals surface area contributed by atoms with E-state index in [1.165, 1.54) is 0 Å². The highest BCUT2D eigenvalue weighted by Crippen LogP contribution is 2.56. The smallest absolute Gasteiger partial charge is 0.345 e. The van der Waals surface area contributed by atoms with Crippen LogP contribution in [0.2, 0.25) is 0 Å². The van der Waals surface area contributed by atoms with Gasteiger partial charge in [-0.15, -0.1) is 0 Å². The summed E-state index contributed by atoms with van der Waals surface area (Å²) in [4.78, 5) is 11.8. The molecule has 106 valence electrons. The van der Waals surface area contributed by atoms with Crippen molar-refractivity contribution < 1.29 is 23.1 Å². The number of cyclic esters (lactones) is 1. The predicted octanol–water partition coefficient (Wildman–Crippen LogP) is 3.13. The summed E-state index contributed by atoms with van der Waals surface area (Å²) in [6.07, 6.45) is 3.16. The lowest BCUT2D eigenvalue weighted by Gasteiger charge is -2.20. The van der Waals surface area contributed by atoms with Gasteiger partial charge in [-0.1, -0.05) is 19.8 Å². The van der Waals surface area contributed by atoms with E-state index in [0.29, 0.717) is 6.42 Å². The fourth-order valence-corrected chi connectivity index (χ4v) is 4.05. The third kappa shape index (κ3) is 3.81. The molecule has 0 aliphatic carbocycles. The number of unbranched alkanes of at least 4 members (excludes halogenated alkanes) is 1. The van der Waals surface area contributed by atoms with E-state index in [2.05, 4.69) is 6.92 Å². The van der Waals surface area contributed by atoms with Gasteiger partial charge in [-0.3, -0.25) is 9.36 Å². The molecule has 1 heterocycles. The lowest BCUT2D eigenvalue weighted by molar-refractivity contribution is -0.141. The summed E-state index contributed by atoms with van der Waals surface area (Å²) < 4.78 is 28.2. The molecule has 2 unspecified atom stereocenters. The van der Waals surface area contributed by atoms with Crippen LogP contribution in [-0.4, -0.2) is 30.9 Å². The monoisotopic (exact) mass is 278 g/mol. The number of esters is 1. The summed E-state index contributed by atoms with van der Waals surface area (Å²) in [5.74, 6) is -0.443.